The van der Waals surface area contributed by atoms with Crippen molar-refractivity contribution < 1.29 is 9.66 Å². The van der Waals surface area contributed by atoms with Gasteiger partial charge in [-0.15, -0.1) is 0 Å². The number of nitro groups is 1. The Balaban J connectivity index is 2.36. The van der Waals surface area contributed by atoms with Crippen molar-refractivity contribution >= 4 is 17.1 Å². The largest absolute Gasteiger partial charge is 0.490 e. The molecule has 0 aliphatic heterocycles. The third-order valence-corrected chi connectivity index (χ3v) is 4.97. The number of nitrogens with two attached hydrogens (primary N) is 1. The first kappa shape index (κ1) is 19.0. The van der Waals surface area contributed by atoms with Crippen LogP contribution >= 0.6 is 0 Å². The second kappa shape index (κ2) is 7.85. The van der Waals surface area contributed by atoms with Crippen LogP contribution in [0.2, 0.25) is 0 Å². The van der Waals surface area contributed by atoms with Crippen LogP contribution in [0.5, 0.6) is 5.75 Å². The molecule has 0 heterocycles. The van der Waals surface area contributed by atoms with E-state index >= 15 is 0 Å². The number of nitrogens with zero attached hydrogens (tertiary/aromatic N) is 3. The molecule has 1 saturated carbocycles. The number of benzene rings is 2. The minimum atomic E-state index is -0.577. The highest BCUT2D eigenvalue weighted by molar-refractivity contribution is 5.96. The number of ether oxygens (including phenoxy) is 1. The Morgan fingerprint density at radius 3 is 2.32 bits per heavy atom. The minimum Gasteiger partial charge on any atom is -0.490 e. The van der Waals surface area contributed by atoms with Crippen LogP contribution in [0, 0.1) is 32.8 Å². The lowest BCUT2D eigenvalue weighted by atomic mass is 9.91. The third kappa shape index (κ3) is 3.28. The van der Waals surface area contributed by atoms with Crippen LogP contribution in [0.15, 0.2) is 24.3 Å². The van der Waals surface area contributed by atoms with Crippen molar-refractivity contribution in [2.45, 2.75) is 31.7 Å². The summed E-state index contributed by atoms with van der Waals surface area (Å²) in [6.45, 7) is 0. The number of nitrogens with one attached hydrogen (secondary N) is 1. The summed E-state index contributed by atoms with van der Waals surface area (Å²) < 4.78 is 5.33. The Kier molecular flexibility index (Phi) is 5.32. The van der Waals surface area contributed by atoms with Gasteiger partial charge in [0.2, 0.25) is 5.75 Å². The average molecular weight is 377 g/mol. The fraction of sp³-hybridized carbons (Fsp3) is 0.300. The van der Waals surface area contributed by atoms with Crippen LogP contribution in [0.3, 0.4) is 0 Å². The average Bonchev–Trinajstić information content (AvgIpc) is 3.21. The zero-order valence-corrected chi connectivity index (χ0v) is 15.4. The SMILES string of the molecule is COc1c([N+](=O)[O-])ccc(C#N)c1-c1c(C#N)ccc(N)c1NC1CCCC1. The Hall–Kier alpha value is -3.78. The maximum Gasteiger partial charge on any atom is 0.311 e. The van der Waals surface area contributed by atoms with Crippen molar-refractivity contribution in [1.29, 1.82) is 10.5 Å². The molecule has 28 heavy (non-hydrogen) atoms. The van der Waals surface area contributed by atoms with Gasteiger partial charge in [-0.1, -0.05) is 12.8 Å². The van der Waals surface area contributed by atoms with Gasteiger partial charge in [-0.3, -0.25) is 10.1 Å². The highest BCUT2D eigenvalue weighted by atomic mass is 16.6. The van der Waals surface area contributed by atoms with E-state index < -0.39 is 4.92 Å². The van der Waals surface area contributed by atoms with Crippen LogP contribution < -0.4 is 15.8 Å². The molecular weight excluding hydrogens is 358 g/mol. The number of nitro benzene ring substituents is 1. The first-order chi connectivity index (χ1) is 13.5. The van der Waals surface area contributed by atoms with Crippen molar-refractivity contribution in [3.8, 4) is 29.0 Å². The maximum atomic E-state index is 11.5. The van der Waals surface area contributed by atoms with Crippen molar-refractivity contribution in [3.05, 3.63) is 45.5 Å². The van der Waals surface area contributed by atoms with Gasteiger partial charge >= 0.3 is 5.69 Å². The molecule has 1 fully saturated rings. The van der Waals surface area contributed by atoms with Crippen LogP contribution in [0.25, 0.3) is 11.1 Å². The molecular formula is C20H19N5O3. The van der Waals surface area contributed by atoms with Crippen LogP contribution in [-0.2, 0) is 0 Å². The normalized spacial score (nSPS) is 13.5. The Labute approximate surface area is 162 Å². The molecule has 0 unspecified atom stereocenters. The molecule has 0 amide bonds. The molecule has 3 rings (SSSR count). The molecule has 3 N–H and O–H groups in total. The van der Waals surface area contributed by atoms with E-state index in [2.05, 4.69) is 11.4 Å². The van der Waals surface area contributed by atoms with Gasteiger partial charge in [-0.05, 0) is 31.0 Å². The Morgan fingerprint density at radius 1 is 1.14 bits per heavy atom. The lowest BCUT2D eigenvalue weighted by molar-refractivity contribution is -0.385. The predicted molar refractivity (Wildman–Crippen MR) is 105 cm³/mol. The molecule has 0 atom stereocenters. The van der Waals surface area contributed by atoms with Gasteiger partial charge in [0.25, 0.3) is 0 Å². The molecule has 0 saturated heterocycles. The lowest BCUT2D eigenvalue weighted by Gasteiger charge is -2.22. The molecule has 2 aromatic carbocycles. The summed E-state index contributed by atoms with van der Waals surface area (Å²) in [7, 11) is 1.30. The quantitative estimate of drug-likeness (QED) is 0.457. The zero-order chi connectivity index (χ0) is 20.3. The monoisotopic (exact) mass is 377 g/mol. The van der Waals surface area contributed by atoms with Gasteiger partial charge in [-0.25, -0.2) is 0 Å². The molecule has 1 aliphatic carbocycles. The third-order valence-electron chi connectivity index (χ3n) is 4.97. The number of hydrogen-bond donors (Lipinski definition) is 2. The summed E-state index contributed by atoms with van der Waals surface area (Å²) in [4.78, 5) is 10.9. The predicted octanol–water partition coefficient (Wildman–Crippen LogP) is 3.95. The van der Waals surface area contributed by atoms with Crippen LogP contribution in [0.4, 0.5) is 17.1 Å². The van der Waals surface area contributed by atoms with Crippen LogP contribution in [-0.4, -0.2) is 18.1 Å². The number of methoxy groups -OCH3 is 1. The van der Waals surface area contributed by atoms with Crippen molar-refractivity contribution in [3.63, 3.8) is 0 Å². The van der Waals surface area contributed by atoms with Gasteiger partial charge in [0.1, 0.15) is 0 Å². The fourth-order valence-electron chi connectivity index (χ4n) is 3.66. The van der Waals surface area contributed by atoms with Crippen LogP contribution in [0.1, 0.15) is 36.8 Å². The van der Waals surface area contributed by atoms with Gasteiger partial charge in [-0.2, -0.15) is 10.5 Å². The second-order valence-corrected chi connectivity index (χ2v) is 6.60. The van der Waals surface area contributed by atoms with Crippen molar-refractivity contribution in [1.82, 2.24) is 0 Å². The fourth-order valence-corrected chi connectivity index (χ4v) is 3.66. The summed E-state index contributed by atoms with van der Waals surface area (Å²) in [5.74, 6) is -0.0689. The molecule has 142 valence electrons. The summed E-state index contributed by atoms with van der Waals surface area (Å²) in [6, 6.07) is 10.1. The summed E-state index contributed by atoms with van der Waals surface area (Å²) >= 11 is 0. The summed E-state index contributed by atoms with van der Waals surface area (Å²) in [5.41, 5.74) is 7.80. The van der Waals surface area contributed by atoms with Crippen molar-refractivity contribution in [2.75, 3.05) is 18.2 Å². The van der Waals surface area contributed by atoms with E-state index in [1.807, 2.05) is 6.07 Å². The highest BCUT2D eigenvalue weighted by Gasteiger charge is 2.28. The first-order valence-electron chi connectivity index (χ1n) is 8.86. The van der Waals surface area contributed by atoms with Gasteiger partial charge < -0.3 is 15.8 Å². The van der Waals surface area contributed by atoms with E-state index in [9.17, 15) is 20.6 Å². The Morgan fingerprint density at radius 2 is 1.75 bits per heavy atom. The number of hydrogen-bond acceptors (Lipinski definition) is 7. The topological polar surface area (TPSA) is 138 Å². The highest BCUT2D eigenvalue weighted by Crippen LogP contribution is 2.46. The van der Waals surface area contributed by atoms with Gasteiger partial charge in [0.05, 0.1) is 52.2 Å². The molecule has 0 aromatic heterocycles. The number of nitriles is 2. The smallest absolute Gasteiger partial charge is 0.311 e. The minimum absolute atomic E-state index is 0.0689. The maximum absolute atomic E-state index is 11.5. The Bertz CT molecular complexity index is 1010. The molecule has 0 bridgehead atoms. The molecule has 2 aromatic rings. The molecule has 0 spiro atoms. The number of rotatable bonds is 5. The van der Waals surface area contributed by atoms with Gasteiger partial charge in [0.15, 0.2) is 0 Å². The van der Waals surface area contributed by atoms with E-state index in [0.29, 0.717) is 16.9 Å². The second-order valence-electron chi connectivity index (χ2n) is 6.60. The van der Waals surface area contributed by atoms with E-state index in [4.69, 9.17) is 10.5 Å². The van der Waals surface area contributed by atoms with Crippen molar-refractivity contribution in [2.24, 2.45) is 0 Å². The summed E-state index contributed by atoms with van der Waals surface area (Å²) in [5, 5.41) is 34.2. The number of anilines is 2. The number of nitrogen functional groups attached to an aromatic ring is 1. The first-order valence-corrected chi connectivity index (χ1v) is 8.86. The van der Waals surface area contributed by atoms with E-state index in [-0.39, 0.29) is 34.2 Å². The summed E-state index contributed by atoms with van der Waals surface area (Å²) in [6.07, 6.45) is 4.11. The standard InChI is InChI=1S/C20H19N5O3/c1-28-20-16(25(26)27)9-7-13(11-22)18(20)17-12(10-21)6-8-15(23)19(17)24-14-4-2-3-5-14/h6-9,14,24H,2-5,23H2,1H3. The van der Waals surface area contributed by atoms with E-state index in [0.717, 1.165) is 25.7 Å². The molecule has 8 nitrogen and oxygen atoms in total. The molecule has 8 heteroatoms. The lowest BCUT2D eigenvalue weighted by Crippen LogP contribution is -2.17. The van der Waals surface area contributed by atoms with E-state index in [1.165, 1.54) is 19.2 Å². The molecule has 0 radical (unpaired) electrons. The molecule has 1 aliphatic rings. The zero-order valence-electron chi connectivity index (χ0n) is 15.4. The van der Waals surface area contributed by atoms with Gasteiger partial charge in [0, 0.05) is 17.7 Å². The van der Waals surface area contributed by atoms with E-state index in [1.54, 1.807) is 12.1 Å².